The van der Waals surface area contributed by atoms with E-state index < -0.39 is 73.6 Å². The number of pyridine rings is 1. The van der Waals surface area contributed by atoms with Crippen molar-refractivity contribution in [3.05, 3.63) is 42.9 Å². The van der Waals surface area contributed by atoms with Crippen molar-refractivity contribution in [1.82, 2.24) is 15.2 Å². The topological polar surface area (TPSA) is 141 Å². The largest absolute Gasteiger partial charge is 0.494 e. The Labute approximate surface area is 249 Å². The second-order valence-corrected chi connectivity index (χ2v) is 14.7. The fourth-order valence-electron chi connectivity index (χ4n) is 5.48. The molecule has 43 heavy (non-hydrogen) atoms. The van der Waals surface area contributed by atoms with Crippen molar-refractivity contribution in [2.45, 2.75) is 75.0 Å². The number of nitrogens with one attached hydrogen (secondary N) is 1. The molecule has 1 aromatic heterocycles. The molecule has 2 amide bonds. The Morgan fingerprint density at radius 3 is 2.58 bits per heavy atom. The van der Waals surface area contributed by atoms with Gasteiger partial charge in [-0.3, -0.25) is 14.5 Å². The summed E-state index contributed by atoms with van der Waals surface area (Å²) >= 11 is 0. The number of likely N-dealkylation sites (tertiary alicyclic amines) is 1. The van der Waals surface area contributed by atoms with Crippen molar-refractivity contribution in [2.24, 2.45) is 5.92 Å². The summed E-state index contributed by atoms with van der Waals surface area (Å²) in [6.07, 6.45) is 2.82. The van der Waals surface area contributed by atoms with Gasteiger partial charge in [-0.15, -0.1) is 6.58 Å². The lowest BCUT2D eigenvalue weighted by Crippen LogP contribution is -2.54. The average molecular weight is 618 g/mol. The number of carbonyl (C=O) groups excluding carboxylic acids is 3. The first-order valence-electron chi connectivity index (χ1n) is 14.2. The van der Waals surface area contributed by atoms with Crippen LogP contribution in [-0.4, -0.2) is 84.0 Å². The molecule has 1 aromatic carbocycles. The van der Waals surface area contributed by atoms with E-state index in [4.69, 9.17) is 14.2 Å². The summed E-state index contributed by atoms with van der Waals surface area (Å²) < 4.78 is 56.4. The number of nitrogens with zero attached hydrogens (tertiary/aromatic N) is 2. The molecule has 2 aliphatic carbocycles. The van der Waals surface area contributed by atoms with Crippen molar-refractivity contribution in [3.8, 4) is 11.6 Å². The van der Waals surface area contributed by atoms with E-state index in [2.05, 4.69) is 16.9 Å². The van der Waals surface area contributed by atoms with Crippen molar-refractivity contribution < 1.29 is 41.4 Å². The molecule has 0 unspecified atom stereocenters. The molecule has 1 aliphatic heterocycles. The van der Waals surface area contributed by atoms with E-state index in [0.717, 1.165) is 0 Å². The molecule has 5 rings (SSSR count). The Hall–Kier alpha value is -3.74. The zero-order chi connectivity index (χ0) is 31.3. The highest BCUT2D eigenvalue weighted by molar-refractivity contribution is 7.93. The Balaban J connectivity index is 1.39. The SMILES string of the molecule is C=C[C@@H]1C[C@]1(NC(=O)[C@@H]1C[C@@H](Oc2nccc3cc(OC)c(F)cc23)CN1C(=O)OC(C)(C)C)C(=O)CS(=O)(=O)C1CC1. The number of Topliss-reactive ketones (excluding diaryl/α,β-unsaturated/α-hetero) is 1. The van der Waals surface area contributed by atoms with Gasteiger partial charge >= 0.3 is 6.09 Å². The van der Waals surface area contributed by atoms with E-state index >= 15 is 0 Å². The Morgan fingerprint density at radius 2 is 1.98 bits per heavy atom. The summed E-state index contributed by atoms with van der Waals surface area (Å²) in [6.45, 7) is 8.77. The molecule has 11 nitrogen and oxygen atoms in total. The van der Waals surface area contributed by atoms with Gasteiger partial charge in [-0.1, -0.05) is 6.08 Å². The lowest BCUT2D eigenvalue weighted by Gasteiger charge is -2.29. The minimum Gasteiger partial charge on any atom is -0.494 e. The number of rotatable bonds is 10. The molecular formula is C30H36FN3O8S. The highest BCUT2D eigenvalue weighted by atomic mass is 32.2. The first-order valence-corrected chi connectivity index (χ1v) is 15.9. The number of hydrogen-bond acceptors (Lipinski definition) is 9. The van der Waals surface area contributed by atoms with Gasteiger partial charge in [-0.2, -0.15) is 0 Å². The standard InChI is InChI=1S/C30H36FN3O8S/c1-6-18-14-30(18,25(35)16-43(38,39)20-7-8-20)33-26(36)23-12-19(15-34(23)28(37)42-29(2,3)4)41-27-21-13-22(31)24(40-5)11-17(21)9-10-32-27/h6,9-11,13,18-20,23H,1,7-8,12,14-16H2,2-5H3,(H,33,36)/t18-,19-,23+,30-/m1/s1. The fourth-order valence-corrected chi connectivity index (χ4v) is 7.19. The van der Waals surface area contributed by atoms with Crippen LogP contribution in [0.1, 0.15) is 46.5 Å². The van der Waals surface area contributed by atoms with Crippen LogP contribution < -0.4 is 14.8 Å². The van der Waals surface area contributed by atoms with E-state index in [1.807, 2.05) is 0 Å². The Morgan fingerprint density at radius 1 is 1.26 bits per heavy atom. The zero-order valence-electron chi connectivity index (χ0n) is 24.6. The first-order chi connectivity index (χ1) is 20.2. The van der Waals surface area contributed by atoms with Gasteiger partial charge in [0.15, 0.2) is 27.2 Å². The molecular weight excluding hydrogens is 581 g/mol. The highest BCUT2D eigenvalue weighted by Gasteiger charge is 2.61. The number of carbonyl (C=O) groups is 3. The molecule has 1 N–H and O–H groups in total. The lowest BCUT2D eigenvalue weighted by molar-refractivity contribution is -0.130. The van der Waals surface area contributed by atoms with Crippen LogP contribution in [-0.2, 0) is 24.2 Å². The molecule has 3 aliphatic rings. The molecule has 0 spiro atoms. The summed E-state index contributed by atoms with van der Waals surface area (Å²) in [6, 6.07) is 3.34. The van der Waals surface area contributed by atoms with Gasteiger partial charge in [0.1, 0.15) is 29.0 Å². The smallest absolute Gasteiger partial charge is 0.411 e. The molecule has 4 atom stereocenters. The molecule has 0 bridgehead atoms. The quantitative estimate of drug-likeness (QED) is 0.398. The minimum atomic E-state index is -3.61. The van der Waals surface area contributed by atoms with E-state index in [-0.39, 0.29) is 31.0 Å². The van der Waals surface area contributed by atoms with Crippen LogP contribution in [0.2, 0.25) is 0 Å². The van der Waals surface area contributed by atoms with Gasteiger partial charge < -0.3 is 19.5 Å². The number of methoxy groups -OCH3 is 1. The third-order valence-electron chi connectivity index (χ3n) is 7.98. The minimum absolute atomic E-state index is 0.0190. The van der Waals surface area contributed by atoms with Crippen molar-refractivity contribution in [1.29, 1.82) is 0 Å². The number of halogens is 1. The van der Waals surface area contributed by atoms with Crippen LogP contribution in [0.3, 0.4) is 0 Å². The van der Waals surface area contributed by atoms with Gasteiger partial charge in [0.25, 0.3) is 0 Å². The van der Waals surface area contributed by atoms with Crippen molar-refractivity contribution >= 4 is 38.4 Å². The second-order valence-electron chi connectivity index (χ2n) is 12.4. The molecule has 1 saturated heterocycles. The van der Waals surface area contributed by atoms with Gasteiger partial charge in [0, 0.05) is 23.9 Å². The van der Waals surface area contributed by atoms with E-state index in [1.54, 1.807) is 26.8 Å². The summed E-state index contributed by atoms with van der Waals surface area (Å²) in [5.74, 6) is -2.77. The number of amides is 2. The molecule has 3 fully saturated rings. The van der Waals surface area contributed by atoms with Crippen LogP contribution in [0.5, 0.6) is 11.6 Å². The maximum Gasteiger partial charge on any atom is 0.411 e. The first kappa shape index (κ1) is 30.7. The van der Waals surface area contributed by atoms with Crippen LogP contribution in [0.25, 0.3) is 10.8 Å². The monoisotopic (exact) mass is 617 g/mol. The molecule has 232 valence electrons. The predicted octanol–water partition coefficient (Wildman–Crippen LogP) is 3.35. The fraction of sp³-hybridized carbons (Fsp3) is 0.533. The van der Waals surface area contributed by atoms with Crippen LogP contribution in [0, 0.1) is 11.7 Å². The third-order valence-corrected chi connectivity index (χ3v) is 10.1. The number of sulfone groups is 1. The highest BCUT2D eigenvalue weighted by Crippen LogP contribution is 2.46. The van der Waals surface area contributed by atoms with Gasteiger partial charge in [0.05, 0.1) is 18.9 Å². The number of aromatic nitrogens is 1. The predicted molar refractivity (Wildman–Crippen MR) is 155 cm³/mol. The second kappa shape index (κ2) is 11.1. The third kappa shape index (κ3) is 6.31. The zero-order valence-corrected chi connectivity index (χ0v) is 25.4. The number of ketones is 1. The normalized spacial score (nSPS) is 25.2. The lowest BCUT2D eigenvalue weighted by atomic mass is 10.1. The summed E-state index contributed by atoms with van der Waals surface area (Å²) in [4.78, 5) is 45.8. The summed E-state index contributed by atoms with van der Waals surface area (Å²) in [7, 11) is -2.25. The molecule has 13 heteroatoms. The molecule has 2 heterocycles. The van der Waals surface area contributed by atoms with E-state index in [1.165, 1.54) is 36.4 Å². The van der Waals surface area contributed by atoms with Gasteiger partial charge in [-0.05, 0) is 63.6 Å². The Kier molecular flexibility index (Phi) is 7.91. The van der Waals surface area contributed by atoms with Gasteiger partial charge in [-0.25, -0.2) is 22.6 Å². The van der Waals surface area contributed by atoms with Crippen molar-refractivity contribution in [3.63, 3.8) is 0 Å². The van der Waals surface area contributed by atoms with E-state index in [9.17, 15) is 27.2 Å². The Bertz CT molecular complexity index is 1590. The molecule has 0 radical (unpaired) electrons. The number of benzene rings is 1. The van der Waals surface area contributed by atoms with Crippen molar-refractivity contribution in [2.75, 3.05) is 19.4 Å². The maximum atomic E-state index is 14.5. The van der Waals surface area contributed by atoms with E-state index in [0.29, 0.717) is 23.6 Å². The number of hydrogen-bond donors (Lipinski definition) is 1. The number of fused-ring (bicyclic) bond motifs is 1. The summed E-state index contributed by atoms with van der Waals surface area (Å²) in [5, 5.41) is 3.25. The van der Waals surface area contributed by atoms with Crippen LogP contribution >= 0.6 is 0 Å². The maximum absolute atomic E-state index is 14.5. The van der Waals surface area contributed by atoms with Crippen LogP contribution in [0.4, 0.5) is 9.18 Å². The number of ether oxygens (including phenoxy) is 3. The average Bonchev–Trinajstić information content (AvgIpc) is 3.84. The summed E-state index contributed by atoms with van der Waals surface area (Å²) in [5.41, 5.74) is -2.27. The molecule has 2 aromatic rings. The molecule has 2 saturated carbocycles. The van der Waals surface area contributed by atoms with Crippen LogP contribution in [0.15, 0.2) is 37.1 Å². The van der Waals surface area contributed by atoms with Gasteiger partial charge in [0.2, 0.25) is 11.8 Å².